The molecule has 2 amide bonds. The Kier molecular flexibility index (Phi) is 7.74. The molecule has 2 saturated heterocycles. The topological polar surface area (TPSA) is 52.7 Å². The first-order valence-corrected chi connectivity index (χ1v) is 9.52. The summed E-state index contributed by atoms with van der Waals surface area (Å²) in [6.45, 7) is 6.15. The molecule has 0 radical (unpaired) electrons. The van der Waals surface area contributed by atoms with E-state index in [4.69, 9.17) is 11.6 Å². The number of carbonyl (C=O) groups is 2. The summed E-state index contributed by atoms with van der Waals surface area (Å²) in [5, 5.41) is 3.93. The first-order valence-electron chi connectivity index (χ1n) is 9.14. The SMILES string of the molecule is CCNCC1CCN(C(=O)C2CC(=O)N(c3ccccc3Cl)C2)CC1.Cl. The van der Waals surface area contributed by atoms with Crippen LogP contribution in [0, 0.1) is 11.8 Å². The van der Waals surface area contributed by atoms with Gasteiger partial charge in [-0.25, -0.2) is 0 Å². The van der Waals surface area contributed by atoms with Crippen LogP contribution in [0.1, 0.15) is 26.2 Å². The number of para-hydroxylation sites is 1. The van der Waals surface area contributed by atoms with Crippen molar-refractivity contribution >= 4 is 41.5 Å². The van der Waals surface area contributed by atoms with Gasteiger partial charge in [0.2, 0.25) is 11.8 Å². The Labute approximate surface area is 166 Å². The first kappa shape index (κ1) is 21.0. The van der Waals surface area contributed by atoms with Crippen molar-refractivity contribution in [3.63, 3.8) is 0 Å². The molecule has 0 aromatic heterocycles. The van der Waals surface area contributed by atoms with Gasteiger partial charge in [0.05, 0.1) is 16.6 Å². The van der Waals surface area contributed by atoms with Crippen LogP contribution < -0.4 is 10.2 Å². The van der Waals surface area contributed by atoms with E-state index in [1.807, 2.05) is 23.1 Å². The lowest BCUT2D eigenvalue weighted by Crippen LogP contribution is -2.44. The molecule has 26 heavy (non-hydrogen) atoms. The second-order valence-corrected chi connectivity index (χ2v) is 7.34. The molecule has 5 nitrogen and oxygen atoms in total. The number of hydrogen-bond acceptors (Lipinski definition) is 3. The molecule has 0 saturated carbocycles. The zero-order chi connectivity index (χ0) is 17.8. The average molecular weight is 400 g/mol. The van der Waals surface area contributed by atoms with Gasteiger partial charge in [0, 0.05) is 26.1 Å². The predicted molar refractivity (Wildman–Crippen MR) is 107 cm³/mol. The van der Waals surface area contributed by atoms with E-state index in [-0.39, 0.29) is 36.6 Å². The van der Waals surface area contributed by atoms with Crippen LogP contribution in [0.4, 0.5) is 5.69 Å². The van der Waals surface area contributed by atoms with Crippen molar-refractivity contribution in [2.45, 2.75) is 26.2 Å². The molecule has 1 atom stereocenters. The van der Waals surface area contributed by atoms with Crippen molar-refractivity contribution in [1.29, 1.82) is 0 Å². The molecular formula is C19H27Cl2N3O2. The maximum Gasteiger partial charge on any atom is 0.228 e. The van der Waals surface area contributed by atoms with Crippen LogP contribution in [0.3, 0.4) is 0 Å². The zero-order valence-corrected chi connectivity index (χ0v) is 16.7. The number of piperidine rings is 1. The molecule has 2 aliphatic heterocycles. The summed E-state index contributed by atoms with van der Waals surface area (Å²) >= 11 is 6.21. The number of carbonyl (C=O) groups excluding carboxylic acids is 2. The fraction of sp³-hybridized carbons (Fsp3) is 0.579. The maximum absolute atomic E-state index is 12.8. The molecule has 1 unspecified atom stereocenters. The summed E-state index contributed by atoms with van der Waals surface area (Å²) in [5.41, 5.74) is 0.703. The number of benzene rings is 1. The summed E-state index contributed by atoms with van der Waals surface area (Å²) in [6, 6.07) is 7.30. The van der Waals surface area contributed by atoms with E-state index in [1.165, 1.54) is 0 Å². The number of rotatable bonds is 5. The number of likely N-dealkylation sites (tertiary alicyclic amines) is 1. The number of nitrogens with one attached hydrogen (secondary N) is 1. The fourth-order valence-electron chi connectivity index (χ4n) is 3.74. The lowest BCUT2D eigenvalue weighted by atomic mass is 9.95. The third kappa shape index (κ3) is 4.70. The number of amides is 2. The molecule has 1 aromatic carbocycles. The Morgan fingerprint density at radius 2 is 1.96 bits per heavy atom. The van der Waals surface area contributed by atoms with Crippen LogP contribution in [0.5, 0.6) is 0 Å². The third-order valence-electron chi connectivity index (χ3n) is 5.23. The third-order valence-corrected chi connectivity index (χ3v) is 5.55. The Morgan fingerprint density at radius 1 is 1.27 bits per heavy atom. The molecule has 2 heterocycles. The van der Waals surface area contributed by atoms with Gasteiger partial charge in [-0.2, -0.15) is 0 Å². The highest BCUT2D eigenvalue weighted by Crippen LogP contribution is 2.32. The van der Waals surface area contributed by atoms with Crippen LogP contribution in [0.25, 0.3) is 0 Å². The summed E-state index contributed by atoms with van der Waals surface area (Å²) in [7, 11) is 0. The van der Waals surface area contributed by atoms with E-state index in [0.717, 1.165) is 39.0 Å². The van der Waals surface area contributed by atoms with Gasteiger partial charge in [-0.1, -0.05) is 30.7 Å². The van der Waals surface area contributed by atoms with Crippen molar-refractivity contribution in [3.05, 3.63) is 29.3 Å². The molecular weight excluding hydrogens is 373 g/mol. The molecule has 0 spiro atoms. The zero-order valence-electron chi connectivity index (χ0n) is 15.1. The maximum atomic E-state index is 12.8. The lowest BCUT2D eigenvalue weighted by molar-refractivity contribution is -0.137. The van der Waals surface area contributed by atoms with Crippen LogP contribution in [-0.4, -0.2) is 49.4 Å². The normalized spacial score (nSPS) is 21.0. The van der Waals surface area contributed by atoms with Gasteiger partial charge in [-0.05, 0) is 44.0 Å². The van der Waals surface area contributed by atoms with Gasteiger partial charge in [0.15, 0.2) is 0 Å². The minimum atomic E-state index is -0.255. The van der Waals surface area contributed by atoms with Crippen molar-refractivity contribution in [2.24, 2.45) is 11.8 Å². The van der Waals surface area contributed by atoms with Gasteiger partial charge in [0.1, 0.15) is 0 Å². The second-order valence-electron chi connectivity index (χ2n) is 6.93. The second kappa shape index (κ2) is 9.58. The van der Waals surface area contributed by atoms with Crippen LogP contribution in [0.15, 0.2) is 24.3 Å². The van der Waals surface area contributed by atoms with E-state index < -0.39 is 0 Å². The summed E-state index contributed by atoms with van der Waals surface area (Å²) in [5.74, 6) is 0.487. The van der Waals surface area contributed by atoms with Crippen LogP contribution in [-0.2, 0) is 9.59 Å². The van der Waals surface area contributed by atoms with E-state index in [9.17, 15) is 9.59 Å². The highest BCUT2D eigenvalue weighted by Gasteiger charge is 2.38. The van der Waals surface area contributed by atoms with Crippen molar-refractivity contribution in [3.8, 4) is 0 Å². The van der Waals surface area contributed by atoms with Crippen LogP contribution in [0.2, 0.25) is 5.02 Å². The molecule has 1 aromatic rings. The standard InChI is InChI=1S/C19H26ClN3O2.ClH/c1-2-21-12-14-7-9-22(10-8-14)19(25)15-11-18(24)23(13-15)17-6-4-3-5-16(17)20;/h3-6,14-15,21H,2,7-13H2,1H3;1H. The molecule has 1 N–H and O–H groups in total. The number of hydrogen-bond donors (Lipinski definition) is 1. The predicted octanol–water partition coefficient (Wildman–Crippen LogP) is 2.96. The van der Waals surface area contributed by atoms with Crippen LogP contribution >= 0.6 is 24.0 Å². The lowest BCUT2D eigenvalue weighted by Gasteiger charge is -2.33. The molecule has 2 aliphatic rings. The van der Waals surface area contributed by atoms with E-state index >= 15 is 0 Å². The average Bonchev–Trinajstić information content (AvgIpc) is 3.02. The number of anilines is 1. The number of nitrogens with zero attached hydrogens (tertiary/aromatic N) is 2. The molecule has 3 rings (SSSR count). The van der Waals surface area contributed by atoms with E-state index in [1.54, 1.807) is 11.0 Å². The monoisotopic (exact) mass is 399 g/mol. The largest absolute Gasteiger partial charge is 0.342 e. The Morgan fingerprint density at radius 3 is 2.62 bits per heavy atom. The van der Waals surface area contributed by atoms with E-state index in [2.05, 4.69) is 12.2 Å². The van der Waals surface area contributed by atoms with Crippen molar-refractivity contribution < 1.29 is 9.59 Å². The van der Waals surface area contributed by atoms with Crippen molar-refractivity contribution in [2.75, 3.05) is 37.6 Å². The number of halogens is 2. The minimum Gasteiger partial charge on any atom is -0.342 e. The minimum absolute atomic E-state index is 0. The molecule has 0 bridgehead atoms. The first-order chi connectivity index (χ1) is 12.1. The summed E-state index contributed by atoms with van der Waals surface area (Å²) in [6.07, 6.45) is 2.35. The van der Waals surface area contributed by atoms with Gasteiger partial charge in [0.25, 0.3) is 0 Å². The molecule has 0 aliphatic carbocycles. The fourth-order valence-corrected chi connectivity index (χ4v) is 3.98. The smallest absolute Gasteiger partial charge is 0.228 e. The molecule has 7 heteroatoms. The molecule has 144 valence electrons. The molecule has 2 fully saturated rings. The summed E-state index contributed by atoms with van der Waals surface area (Å²) in [4.78, 5) is 28.8. The van der Waals surface area contributed by atoms with Gasteiger partial charge >= 0.3 is 0 Å². The van der Waals surface area contributed by atoms with E-state index in [0.29, 0.717) is 23.2 Å². The Bertz CT molecular complexity index is 633. The quantitative estimate of drug-likeness (QED) is 0.827. The van der Waals surface area contributed by atoms with Gasteiger partial charge in [-0.3, -0.25) is 9.59 Å². The highest BCUT2D eigenvalue weighted by molar-refractivity contribution is 6.33. The van der Waals surface area contributed by atoms with Gasteiger partial charge < -0.3 is 15.1 Å². The Balaban J connectivity index is 0.00000243. The highest BCUT2D eigenvalue weighted by atomic mass is 35.5. The Hall–Kier alpha value is -1.30. The summed E-state index contributed by atoms with van der Waals surface area (Å²) < 4.78 is 0. The van der Waals surface area contributed by atoms with Gasteiger partial charge in [-0.15, -0.1) is 12.4 Å². The van der Waals surface area contributed by atoms with Crippen molar-refractivity contribution in [1.82, 2.24) is 10.2 Å².